The molecule has 0 rings (SSSR count). The summed E-state index contributed by atoms with van der Waals surface area (Å²) in [4.78, 5) is 10.6. The Morgan fingerprint density at radius 3 is 2.55 bits per heavy atom. The van der Waals surface area contributed by atoms with Crippen LogP contribution in [0.25, 0.3) is 0 Å². The first kappa shape index (κ1) is 10.4. The molecule has 0 saturated heterocycles. The molecular weight excluding hydrogens is 146 g/mol. The van der Waals surface area contributed by atoms with Crippen LogP contribution in [0.5, 0.6) is 0 Å². The summed E-state index contributed by atoms with van der Waals surface area (Å²) < 4.78 is 4.31. The van der Waals surface area contributed by atoms with E-state index in [1.165, 1.54) is 7.11 Å². The number of aliphatic hydroxyl groups excluding tert-OH is 1. The molecule has 0 aliphatic rings. The summed E-state index contributed by atoms with van der Waals surface area (Å²) >= 11 is 0. The molecule has 66 valence electrons. The zero-order chi connectivity index (χ0) is 8.85. The summed E-state index contributed by atoms with van der Waals surface area (Å²) in [6, 6.07) is 0.00862. The quantitative estimate of drug-likeness (QED) is 0.553. The van der Waals surface area contributed by atoms with Crippen molar-refractivity contribution in [3.63, 3.8) is 0 Å². The number of hydrogen-bond acceptors (Lipinski definition) is 4. The van der Waals surface area contributed by atoms with Crippen molar-refractivity contribution in [2.75, 3.05) is 7.11 Å². The van der Waals surface area contributed by atoms with Crippen molar-refractivity contribution in [2.45, 2.75) is 31.9 Å². The molecule has 0 aliphatic heterocycles. The monoisotopic (exact) mass is 161 g/mol. The third-order valence-electron chi connectivity index (χ3n) is 1.37. The van der Waals surface area contributed by atoms with Gasteiger partial charge in [0.15, 0.2) is 6.10 Å². The van der Waals surface area contributed by atoms with E-state index in [0.717, 1.165) is 0 Å². The summed E-state index contributed by atoms with van der Waals surface area (Å²) in [6.45, 7) is 1.82. The van der Waals surface area contributed by atoms with Gasteiger partial charge in [-0.15, -0.1) is 0 Å². The number of hydrogen-bond donors (Lipinski definition) is 2. The second kappa shape index (κ2) is 5.09. The van der Waals surface area contributed by atoms with Crippen LogP contribution < -0.4 is 5.73 Å². The first-order valence-corrected chi connectivity index (χ1v) is 3.59. The number of rotatable bonds is 4. The van der Waals surface area contributed by atoms with E-state index in [4.69, 9.17) is 10.8 Å². The van der Waals surface area contributed by atoms with Crippen LogP contribution in [-0.4, -0.2) is 30.3 Å². The molecule has 0 fully saturated rings. The minimum Gasteiger partial charge on any atom is -0.467 e. The van der Waals surface area contributed by atoms with Gasteiger partial charge in [-0.3, -0.25) is 0 Å². The summed E-state index contributed by atoms with van der Waals surface area (Å²) in [7, 11) is 1.25. The second-order valence-corrected chi connectivity index (χ2v) is 2.59. The third-order valence-corrected chi connectivity index (χ3v) is 1.37. The van der Waals surface area contributed by atoms with E-state index >= 15 is 0 Å². The first-order valence-electron chi connectivity index (χ1n) is 3.59. The maximum Gasteiger partial charge on any atom is 0.334 e. The van der Waals surface area contributed by atoms with Gasteiger partial charge in [0.05, 0.1) is 7.11 Å². The molecule has 0 aromatic heterocycles. The highest BCUT2D eigenvalue weighted by molar-refractivity contribution is 5.74. The molecule has 4 heteroatoms. The van der Waals surface area contributed by atoms with Crippen molar-refractivity contribution >= 4 is 5.97 Å². The lowest BCUT2D eigenvalue weighted by molar-refractivity contribution is -0.150. The molecule has 3 N–H and O–H groups in total. The van der Waals surface area contributed by atoms with Crippen LogP contribution in [0.4, 0.5) is 0 Å². The summed E-state index contributed by atoms with van der Waals surface area (Å²) in [5.74, 6) is -0.592. The second-order valence-electron chi connectivity index (χ2n) is 2.59. The molecule has 4 nitrogen and oxygen atoms in total. The van der Waals surface area contributed by atoms with Crippen LogP contribution in [0.15, 0.2) is 0 Å². The lowest BCUT2D eigenvalue weighted by atomic mass is 10.1. The van der Waals surface area contributed by atoms with Gasteiger partial charge in [-0.2, -0.15) is 0 Å². The van der Waals surface area contributed by atoms with Gasteiger partial charge in [0, 0.05) is 6.04 Å². The Morgan fingerprint density at radius 1 is 1.64 bits per heavy atom. The van der Waals surface area contributed by atoms with Crippen molar-refractivity contribution in [1.29, 1.82) is 0 Å². The number of carbonyl (C=O) groups excluding carboxylic acids is 1. The molecule has 0 radical (unpaired) electrons. The standard InChI is InChI=1S/C7H15NO3/c1-5(8)3-4-6(9)7(10)11-2/h5-6,9H,3-4,8H2,1-2H3. The molecule has 0 heterocycles. The van der Waals surface area contributed by atoms with Crippen molar-refractivity contribution in [2.24, 2.45) is 5.73 Å². The normalized spacial score (nSPS) is 15.6. The number of esters is 1. The van der Waals surface area contributed by atoms with Gasteiger partial charge in [0.1, 0.15) is 0 Å². The topological polar surface area (TPSA) is 72.5 Å². The predicted molar refractivity (Wildman–Crippen MR) is 40.9 cm³/mol. The number of aliphatic hydroxyl groups is 1. The molecule has 0 aromatic rings. The Labute approximate surface area is 66.3 Å². The van der Waals surface area contributed by atoms with E-state index in [1.807, 2.05) is 6.92 Å². The van der Waals surface area contributed by atoms with Crippen LogP contribution in [0, 0.1) is 0 Å². The highest BCUT2D eigenvalue weighted by Crippen LogP contribution is 2.00. The van der Waals surface area contributed by atoms with Gasteiger partial charge in [0.2, 0.25) is 0 Å². The SMILES string of the molecule is COC(=O)C(O)CCC(C)N. The zero-order valence-electron chi connectivity index (χ0n) is 6.91. The van der Waals surface area contributed by atoms with Crippen molar-refractivity contribution < 1.29 is 14.6 Å². The van der Waals surface area contributed by atoms with Crippen molar-refractivity contribution in [3.05, 3.63) is 0 Å². The molecule has 2 atom stereocenters. The van der Waals surface area contributed by atoms with Gasteiger partial charge < -0.3 is 15.6 Å². The van der Waals surface area contributed by atoms with Crippen LogP contribution in [0.1, 0.15) is 19.8 Å². The lowest BCUT2D eigenvalue weighted by Gasteiger charge is -2.09. The number of nitrogens with two attached hydrogens (primary N) is 1. The Hall–Kier alpha value is -0.610. The van der Waals surface area contributed by atoms with E-state index in [1.54, 1.807) is 0 Å². The Morgan fingerprint density at radius 2 is 2.18 bits per heavy atom. The average molecular weight is 161 g/mol. The Kier molecular flexibility index (Phi) is 4.81. The molecule has 0 bridgehead atoms. The fraction of sp³-hybridized carbons (Fsp3) is 0.857. The molecule has 11 heavy (non-hydrogen) atoms. The average Bonchev–Trinajstić information content (AvgIpc) is 1.98. The Bertz CT molecular complexity index is 125. The van der Waals surface area contributed by atoms with Gasteiger partial charge in [-0.25, -0.2) is 4.79 Å². The number of carbonyl (C=O) groups is 1. The number of methoxy groups -OCH3 is 1. The van der Waals surface area contributed by atoms with Gasteiger partial charge in [-0.1, -0.05) is 0 Å². The lowest BCUT2D eigenvalue weighted by Crippen LogP contribution is -2.25. The largest absolute Gasteiger partial charge is 0.467 e. The highest BCUT2D eigenvalue weighted by Gasteiger charge is 2.14. The fourth-order valence-electron chi connectivity index (χ4n) is 0.675. The van der Waals surface area contributed by atoms with Crippen molar-refractivity contribution in [3.8, 4) is 0 Å². The minimum atomic E-state index is -1.02. The maximum atomic E-state index is 10.6. The van der Waals surface area contributed by atoms with Gasteiger partial charge in [-0.05, 0) is 19.8 Å². The predicted octanol–water partition coefficient (Wildman–Crippen LogP) is -0.352. The molecule has 0 aliphatic carbocycles. The van der Waals surface area contributed by atoms with Crippen molar-refractivity contribution in [1.82, 2.24) is 0 Å². The number of ether oxygens (including phenoxy) is 1. The van der Waals surface area contributed by atoms with Gasteiger partial charge >= 0.3 is 5.97 Å². The van der Waals surface area contributed by atoms with E-state index in [2.05, 4.69) is 4.74 Å². The Balaban J connectivity index is 3.52. The molecule has 0 saturated carbocycles. The van der Waals surface area contributed by atoms with E-state index in [0.29, 0.717) is 12.8 Å². The summed E-state index contributed by atoms with van der Waals surface area (Å²) in [5, 5.41) is 9.04. The smallest absolute Gasteiger partial charge is 0.334 e. The highest BCUT2D eigenvalue weighted by atomic mass is 16.5. The van der Waals surface area contributed by atoms with E-state index in [9.17, 15) is 4.79 Å². The third kappa shape index (κ3) is 4.75. The van der Waals surface area contributed by atoms with E-state index in [-0.39, 0.29) is 6.04 Å². The van der Waals surface area contributed by atoms with Gasteiger partial charge in [0.25, 0.3) is 0 Å². The van der Waals surface area contributed by atoms with E-state index < -0.39 is 12.1 Å². The molecule has 0 aromatic carbocycles. The summed E-state index contributed by atoms with van der Waals surface area (Å²) in [5.41, 5.74) is 5.42. The minimum absolute atomic E-state index is 0.00862. The molecule has 0 spiro atoms. The van der Waals surface area contributed by atoms with Crippen LogP contribution >= 0.6 is 0 Å². The maximum absolute atomic E-state index is 10.6. The van der Waals surface area contributed by atoms with Crippen LogP contribution in [0.2, 0.25) is 0 Å². The molecular formula is C7H15NO3. The zero-order valence-corrected chi connectivity index (χ0v) is 6.91. The first-order chi connectivity index (χ1) is 5.07. The fourth-order valence-corrected chi connectivity index (χ4v) is 0.675. The molecule has 0 amide bonds. The summed E-state index contributed by atoms with van der Waals surface area (Å²) in [6.07, 6.45) is -0.0355. The molecule has 2 unspecified atom stereocenters. The van der Waals surface area contributed by atoms with Crippen LogP contribution in [-0.2, 0) is 9.53 Å². The van der Waals surface area contributed by atoms with Crippen LogP contribution in [0.3, 0.4) is 0 Å².